The summed E-state index contributed by atoms with van der Waals surface area (Å²) in [6.45, 7) is 5.21. The summed E-state index contributed by atoms with van der Waals surface area (Å²) in [7, 11) is -3.66. The number of amides is 1. The van der Waals surface area contributed by atoms with Gasteiger partial charge in [0.05, 0.1) is 12.0 Å². The van der Waals surface area contributed by atoms with Gasteiger partial charge in [0.2, 0.25) is 10.0 Å². The Morgan fingerprint density at radius 1 is 1.32 bits per heavy atom. The molecule has 10 heteroatoms. The number of hydrogen-bond donors (Lipinski definition) is 1. The Morgan fingerprint density at radius 2 is 2.10 bits per heavy atom. The molecule has 166 valence electrons. The SMILES string of the molecule is Cc1nc(-c2csc(S(=O)(=O)NC(C)Cc3ccco3)c2)sc1C(=O)N1CCCCC1. The zero-order valence-electron chi connectivity index (χ0n) is 17.5. The summed E-state index contributed by atoms with van der Waals surface area (Å²) in [6.07, 6.45) is 5.28. The highest BCUT2D eigenvalue weighted by atomic mass is 32.2. The van der Waals surface area contributed by atoms with E-state index in [0.717, 1.165) is 55.0 Å². The van der Waals surface area contributed by atoms with Crippen molar-refractivity contribution >= 4 is 38.6 Å². The molecule has 1 fully saturated rings. The van der Waals surface area contributed by atoms with E-state index in [2.05, 4.69) is 9.71 Å². The molecule has 4 heterocycles. The molecule has 4 rings (SSSR count). The molecule has 0 radical (unpaired) electrons. The Bertz CT molecular complexity index is 1140. The second kappa shape index (κ2) is 9.23. The molecule has 1 unspecified atom stereocenters. The summed E-state index contributed by atoms with van der Waals surface area (Å²) in [5.41, 5.74) is 1.41. The highest BCUT2D eigenvalue weighted by molar-refractivity contribution is 7.91. The first kappa shape index (κ1) is 22.2. The van der Waals surface area contributed by atoms with Gasteiger partial charge in [-0.2, -0.15) is 0 Å². The van der Waals surface area contributed by atoms with Crippen LogP contribution in [0, 0.1) is 6.92 Å². The summed E-state index contributed by atoms with van der Waals surface area (Å²) < 4.78 is 33.8. The molecule has 0 bridgehead atoms. The Balaban J connectivity index is 1.48. The average Bonchev–Trinajstić information content (AvgIpc) is 3.48. The van der Waals surface area contributed by atoms with Crippen LogP contribution in [0.5, 0.6) is 0 Å². The van der Waals surface area contributed by atoms with Crippen LogP contribution in [-0.2, 0) is 16.4 Å². The molecule has 0 saturated carbocycles. The van der Waals surface area contributed by atoms with E-state index in [0.29, 0.717) is 22.0 Å². The van der Waals surface area contributed by atoms with Crippen molar-refractivity contribution < 1.29 is 17.6 Å². The molecule has 0 aromatic carbocycles. The van der Waals surface area contributed by atoms with Crippen molar-refractivity contribution in [3.05, 3.63) is 46.2 Å². The fraction of sp³-hybridized carbons (Fsp3) is 0.429. The molecule has 1 amide bonds. The van der Waals surface area contributed by atoms with Crippen LogP contribution in [-0.4, -0.2) is 43.3 Å². The van der Waals surface area contributed by atoms with Crippen LogP contribution in [0.4, 0.5) is 0 Å². The number of thiazole rings is 1. The predicted molar refractivity (Wildman–Crippen MR) is 122 cm³/mol. The van der Waals surface area contributed by atoms with Gasteiger partial charge in [0.25, 0.3) is 5.91 Å². The van der Waals surface area contributed by atoms with Crippen molar-refractivity contribution in [2.45, 2.75) is 49.8 Å². The van der Waals surface area contributed by atoms with Crippen LogP contribution in [0.1, 0.15) is 47.3 Å². The van der Waals surface area contributed by atoms with Gasteiger partial charge in [-0.1, -0.05) is 0 Å². The van der Waals surface area contributed by atoms with E-state index >= 15 is 0 Å². The molecule has 1 aliphatic heterocycles. The molecule has 1 aliphatic rings. The molecule has 31 heavy (non-hydrogen) atoms. The van der Waals surface area contributed by atoms with Crippen molar-refractivity contribution in [3.8, 4) is 10.6 Å². The molecular formula is C21H25N3O4S3. The lowest BCUT2D eigenvalue weighted by atomic mass is 10.1. The maximum atomic E-state index is 12.9. The van der Waals surface area contributed by atoms with Gasteiger partial charge in [-0.25, -0.2) is 18.1 Å². The molecule has 3 aromatic heterocycles. The van der Waals surface area contributed by atoms with Gasteiger partial charge in [-0.05, 0) is 51.3 Å². The fourth-order valence-electron chi connectivity index (χ4n) is 3.62. The number of furan rings is 1. The van der Waals surface area contributed by atoms with E-state index in [-0.39, 0.29) is 16.2 Å². The molecular weight excluding hydrogens is 454 g/mol. The number of carbonyl (C=O) groups excluding carboxylic acids is 1. The third-order valence-corrected chi connectivity index (χ3v) is 9.39. The lowest BCUT2D eigenvalue weighted by molar-refractivity contribution is 0.0728. The van der Waals surface area contributed by atoms with E-state index < -0.39 is 10.0 Å². The first-order valence-corrected chi connectivity index (χ1v) is 13.4. The number of hydrogen-bond acceptors (Lipinski definition) is 7. The molecule has 1 saturated heterocycles. The number of thiophene rings is 1. The minimum atomic E-state index is -3.66. The molecule has 3 aromatic rings. The number of rotatable bonds is 7. The van der Waals surface area contributed by atoms with E-state index in [4.69, 9.17) is 4.42 Å². The van der Waals surface area contributed by atoms with Gasteiger partial charge in [-0.3, -0.25) is 4.79 Å². The number of sulfonamides is 1. The smallest absolute Gasteiger partial charge is 0.265 e. The zero-order valence-corrected chi connectivity index (χ0v) is 19.9. The standard InChI is InChI=1S/C21H25N3O4S3/c1-14(11-17-7-6-10-28-17)23-31(26,27)18-12-16(13-29-18)20-22-15(2)19(30-20)21(25)24-8-4-3-5-9-24/h6-7,10,12-14,23H,3-5,8-9,11H2,1-2H3. The van der Waals surface area contributed by atoms with E-state index in [9.17, 15) is 13.2 Å². The second-order valence-electron chi connectivity index (χ2n) is 7.75. The van der Waals surface area contributed by atoms with Crippen LogP contribution in [0.25, 0.3) is 10.6 Å². The number of likely N-dealkylation sites (tertiary alicyclic amines) is 1. The van der Waals surface area contributed by atoms with Crippen molar-refractivity contribution in [2.24, 2.45) is 0 Å². The quantitative estimate of drug-likeness (QED) is 0.545. The summed E-state index contributed by atoms with van der Waals surface area (Å²) in [5, 5.41) is 2.44. The third kappa shape index (κ3) is 5.08. The van der Waals surface area contributed by atoms with Gasteiger partial charge in [0, 0.05) is 36.5 Å². The Morgan fingerprint density at radius 3 is 2.81 bits per heavy atom. The number of nitrogens with zero attached hydrogens (tertiary/aromatic N) is 2. The van der Waals surface area contributed by atoms with E-state index in [1.165, 1.54) is 11.3 Å². The van der Waals surface area contributed by atoms with E-state index in [1.54, 1.807) is 30.7 Å². The summed E-state index contributed by atoms with van der Waals surface area (Å²) in [6, 6.07) is 4.92. The van der Waals surface area contributed by atoms with Crippen LogP contribution in [0.15, 0.2) is 38.5 Å². The van der Waals surface area contributed by atoms with Crippen LogP contribution >= 0.6 is 22.7 Å². The molecule has 7 nitrogen and oxygen atoms in total. The Kier molecular flexibility index (Phi) is 6.61. The lowest BCUT2D eigenvalue weighted by Gasteiger charge is -2.26. The molecule has 0 spiro atoms. The monoisotopic (exact) mass is 479 g/mol. The third-order valence-electron chi connectivity index (χ3n) is 5.17. The topological polar surface area (TPSA) is 92.5 Å². The normalized spacial score (nSPS) is 15.9. The van der Waals surface area contributed by atoms with Crippen molar-refractivity contribution in [2.75, 3.05) is 13.1 Å². The lowest BCUT2D eigenvalue weighted by Crippen LogP contribution is -2.35. The van der Waals surface area contributed by atoms with Crippen molar-refractivity contribution in [1.29, 1.82) is 0 Å². The number of carbonyl (C=O) groups is 1. The number of piperidine rings is 1. The predicted octanol–water partition coefficient (Wildman–Crippen LogP) is 4.31. The van der Waals surface area contributed by atoms with Gasteiger partial charge in [-0.15, -0.1) is 22.7 Å². The average molecular weight is 480 g/mol. The van der Waals surface area contributed by atoms with Crippen LogP contribution < -0.4 is 4.72 Å². The van der Waals surface area contributed by atoms with Crippen LogP contribution in [0.3, 0.4) is 0 Å². The summed E-state index contributed by atoms with van der Waals surface area (Å²) >= 11 is 2.48. The van der Waals surface area contributed by atoms with Crippen molar-refractivity contribution in [3.63, 3.8) is 0 Å². The number of aromatic nitrogens is 1. The van der Waals surface area contributed by atoms with Gasteiger partial charge >= 0.3 is 0 Å². The maximum absolute atomic E-state index is 12.9. The largest absolute Gasteiger partial charge is 0.469 e. The first-order valence-electron chi connectivity index (χ1n) is 10.2. The summed E-state index contributed by atoms with van der Waals surface area (Å²) in [4.78, 5) is 19.9. The Labute approximate surface area is 190 Å². The second-order valence-corrected chi connectivity index (χ2v) is 11.6. The van der Waals surface area contributed by atoms with Crippen LogP contribution in [0.2, 0.25) is 0 Å². The number of aryl methyl sites for hydroxylation is 1. The molecule has 1 atom stereocenters. The fourth-order valence-corrected chi connectivity index (χ4v) is 7.14. The molecule has 0 aliphatic carbocycles. The minimum Gasteiger partial charge on any atom is -0.469 e. The highest BCUT2D eigenvalue weighted by Gasteiger charge is 2.25. The van der Waals surface area contributed by atoms with Crippen molar-refractivity contribution in [1.82, 2.24) is 14.6 Å². The summed E-state index contributed by atoms with van der Waals surface area (Å²) in [5.74, 6) is 0.753. The highest BCUT2D eigenvalue weighted by Crippen LogP contribution is 2.33. The van der Waals surface area contributed by atoms with Gasteiger partial charge in [0.1, 0.15) is 19.9 Å². The minimum absolute atomic E-state index is 0.0254. The van der Waals surface area contributed by atoms with E-state index in [1.807, 2.05) is 17.9 Å². The maximum Gasteiger partial charge on any atom is 0.265 e. The first-order chi connectivity index (χ1) is 14.8. The molecule has 1 N–H and O–H groups in total. The Hall–Kier alpha value is -2.01. The van der Waals surface area contributed by atoms with Gasteiger partial charge < -0.3 is 9.32 Å². The zero-order chi connectivity index (χ0) is 22.0. The number of nitrogens with one attached hydrogen (secondary N) is 1. The van der Waals surface area contributed by atoms with Gasteiger partial charge in [0.15, 0.2) is 0 Å².